The van der Waals surface area contributed by atoms with Gasteiger partial charge in [0.05, 0.1) is 11.4 Å². The van der Waals surface area contributed by atoms with Gasteiger partial charge in [0.1, 0.15) is 0 Å². The van der Waals surface area contributed by atoms with Gasteiger partial charge in [0.2, 0.25) is 5.91 Å². The van der Waals surface area contributed by atoms with Crippen molar-refractivity contribution >= 4 is 17.3 Å². The van der Waals surface area contributed by atoms with Gasteiger partial charge in [0, 0.05) is 19.0 Å². The molecule has 1 aliphatic rings. The highest BCUT2D eigenvalue weighted by atomic mass is 19.2. The maximum Gasteiger partial charge on any atom is 0.224 e. The van der Waals surface area contributed by atoms with Crippen molar-refractivity contribution in [2.75, 3.05) is 16.8 Å². The fourth-order valence-electron chi connectivity index (χ4n) is 2.02. The highest BCUT2D eigenvalue weighted by Gasteiger charge is 2.33. The van der Waals surface area contributed by atoms with Crippen LogP contribution in [0.25, 0.3) is 0 Å². The van der Waals surface area contributed by atoms with Crippen molar-refractivity contribution < 1.29 is 13.6 Å². The van der Waals surface area contributed by atoms with Crippen LogP contribution in [0.5, 0.6) is 0 Å². The molecule has 0 fully saturated rings. The lowest BCUT2D eigenvalue weighted by Crippen LogP contribution is -2.50. The third kappa shape index (κ3) is 1.97. The van der Waals surface area contributed by atoms with E-state index in [1.54, 1.807) is 0 Å². The van der Waals surface area contributed by atoms with E-state index in [9.17, 15) is 13.6 Å². The zero-order valence-corrected chi connectivity index (χ0v) is 9.97. The number of anilines is 2. The van der Waals surface area contributed by atoms with Gasteiger partial charge in [0.25, 0.3) is 0 Å². The van der Waals surface area contributed by atoms with Crippen LogP contribution in [0.2, 0.25) is 0 Å². The number of rotatable bonds is 0. The van der Waals surface area contributed by atoms with E-state index in [1.165, 1.54) is 17.9 Å². The molecule has 2 rings (SSSR count). The van der Waals surface area contributed by atoms with Crippen molar-refractivity contribution in [1.29, 1.82) is 0 Å². The minimum Gasteiger partial charge on any atom is -0.374 e. The minimum absolute atomic E-state index is 0.0523. The second-order valence-corrected chi connectivity index (χ2v) is 4.87. The van der Waals surface area contributed by atoms with Crippen LogP contribution >= 0.6 is 0 Å². The summed E-state index contributed by atoms with van der Waals surface area (Å²) in [5.74, 6) is -2.05. The van der Waals surface area contributed by atoms with Crippen molar-refractivity contribution in [2.45, 2.75) is 26.3 Å². The summed E-state index contributed by atoms with van der Waals surface area (Å²) in [7, 11) is 0. The van der Waals surface area contributed by atoms with Crippen molar-refractivity contribution in [3.05, 3.63) is 23.8 Å². The first-order valence-electron chi connectivity index (χ1n) is 5.36. The van der Waals surface area contributed by atoms with Gasteiger partial charge in [-0.1, -0.05) is 0 Å². The molecule has 1 aromatic carbocycles. The number of amides is 1. The van der Waals surface area contributed by atoms with Crippen LogP contribution in [0, 0.1) is 11.6 Å². The molecule has 0 atom stereocenters. The normalized spacial score (nSPS) is 17.4. The van der Waals surface area contributed by atoms with Crippen molar-refractivity contribution in [2.24, 2.45) is 0 Å². The first kappa shape index (κ1) is 11.8. The Kier molecular flexibility index (Phi) is 2.56. The zero-order valence-electron chi connectivity index (χ0n) is 9.97. The van der Waals surface area contributed by atoms with Crippen molar-refractivity contribution in [1.82, 2.24) is 0 Å². The maximum atomic E-state index is 13.7. The lowest BCUT2D eigenvalue weighted by atomic mass is 9.99. The highest BCUT2D eigenvalue weighted by molar-refractivity contribution is 5.96. The van der Waals surface area contributed by atoms with E-state index < -0.39 is 17.2 Å². The number of halogens is 2. The number of carbonyl (C=O) groups is 1. The average molecular weight is 240 g/mol. The van der Waals surface area contributed by atoms with Gasteiger partial charge >= 0.3 is 0 Å². The Labute approximate surface area is 98.4 Å². The first-order chi connectivity index (χ1) is 7.82. The molecule has 5 heteroatoms. The molecule has 3 nitrogen and oxygen atoms in total. The molecule has 0 saturated carbocycles. The molecule has 1 aromatic rings. The summed E-state index contributed by atoms with van der Waals surface area (Å²) in [6.07, 6.45) is 0. The number of hydrogen-bond donors (Lipinski definition) is 1. The molecule has 1 heterocycles. The summed E-state index contributed by atoms with van der Waals surface area (Å²) < 4.78 is 26.9. The lowest BCUT2D eigenvalue weighted by molar-refractivity contribution is -0.116. The second-order valence-electron chi connectivity index (χ2n) is 4.87. The number of nitrogens with zero attached hydrogens (tertiary/aromatic N) is 1. The smallest absolute Gasteiger partial charge is 0.224 e. The van der Waals surface area contributed by atoms with Crippen LogP contribution in [0.4, 0.5) is 20.2 Å². The second kappa shape index (κ2) is 3.68. The predicted octanol–water partition coefficient (Wildman–Crippen LogP) is 2.52. The quantitative estimate of drug-likeness (QED) is 0.755. The first-order valence-corrected chi connectivity index (χ1v) is 5.36. The number of carbonyl (C=O) groups excluding carboxylic acids is 1. The molecule has 0 aliphatic carbocycles. The predicted molar refractivity (Wildman–Crippen MR) is 62.1 cm³/mol. The summed E-state index contributed by atoms with van der Waals surface area (Å²) in [6.45, 7) is 5.49. The lowest BCUT2D eigenvalue weighted by Gasteiger charge is -2.40. The van der Waals surface area contributed by atoms with Crippen LogP contribution in [0.3, 0.4) is 0 Å². The van der Waals surface area contributed by atoms with E-state index in [2.05, 4.69) is 5.32 Å². The highest BCUT2D eigenvalue weighted by Crippen LogP contribution is 2.37. The van der Waals surface area contributed by atoms with E-state index in [1.807, 2.05) is 13.8 Å². The van der Waals surface area contributed by atoms with Crippen LogP contribution in [-0.2, 0) is 4.79 Å². The molecule has 1 amide bonds. The molecule has 1 aliphatic heterocycles. The average Bonchev–Trinajstić information content (AvgIpc) is 2.22. The standard InChI is InChI=1S/C12H14F2N2O/c1-7(17)16-6-12(2,3)15-11-9(16)5-4-8(13)10(11)14/h4-5,15H,6H2,1-3H3. The zero-order chi connectivity index (χ0) is 12.8. The van der Waals surface area contributed by atoms with Gasteiger partial charge < -0.3 is 10.2 Å². The molecule has 92 valence electrons. The largest absolute Gasteiger partial charge is 0.374 e. The Hall–Kier alpha value is -1.65. The molecule has 0 unspecified atom stereocenters. The summed E-state index contributed by atoms with van der Waals surface area (Å²) in [4.78, 5) is 13.0. The molecular formula is C12H14F2N2O. The molecule has 0 aromatic heterocycles. The van der Waals surface area contributed by atoms with Gasteiger partial charge in [-0.25, -0.2) is 8.78 Å². The Morgan fingerprint density at radius 3 is 2.65 bits per heavy atom. The minimum atomic E-state index is -0.943. The van der Waals surface area contributed by atoms with E-state index >= 15 is 0 Å². The number of fused-ring (bicyclic) bond motifs is 1. The molecule has 0 bridgehead atoms. The monoisotopic (exact) mass is 240 g/mol. The molecule has 0 radical (unpaired) electrons. The summed E-state index contributed by atoms with van der Waals surface area (Å²) in [5, 5.41) is 2.92. The molecule has 0 saturated heterocycles. The van der Waals surface area contributed by atoms with Crippen LogP contribution in [0.1, 0.15) is 20.8 Å². The van der Waals surface area contributed by atoms with E-state index in [4.69, 9.17) is 0 Å². The third-order valence-corrected chi connectivity index (χ3v) is 2.76. The van der Waals surface area contributed by atoms with E-state index in [0.29, 0.717) is 12.2 Å². The third-order valence-electron chi connectivity index (χ3n) is 2.76. The fourth-order valence-corrected chi connectivity index (χ4v) is 2.02. The summed E-state index contributed by atoms with van der Waals surface area (Å²) in [5.41, 5.74) is -0.0556. The molecule has 17 heavy (non-hydrogen) atoms. The summed E-state index contributed by atoms with van der Waals surface area (Å²) in [6, 6.07) is 2.45. The Morgan fingerprint density at radius 1 is 1.41 bits per heavy atom. The number of hydrogen-bond acceptors (Lipinski definition) is 2. The van der Waals surface area contributed by atoms with Gasteiger partial charge in [-0.15, -0.1) is 0 Å². The Morgan fingerprint density at radius 2 is 2.06 bits per heavy atom. The van der Waals surface area contributed by atoms with E-state index in [0.717, 1.165) is 6.07 Å². The van der Waals surface area contributed by atoms with E-state index in [-0.39, 0.29) is 11.6 Å². The van der Waals surface area contributed by atoms with Crippen LogP contribution in [-0.4, -0.2) is 18.0 Å². The Balaban J connectivity index is 2.60. The van der Waals surface area contributed by atoms with Crippen LogP contribution < -0.4 is 10.2 Å². The molecule has 0 spiro atoms. The Bertz CT molecular complexity index is 486. The topological polar surface area (TPSA) is 32.3 Å². The number of nitrogens with one attached hydrogen (secondary N) is 1. The van der Waals surface area contributed by atoms with Gasteiger partial charge in [-0.2, -0.15) is 0 Å². The van der Waals surface area contributed by atoms with Gasteiger partial charge in [-0.05, 0) is 26.0 Å². The fraction of sp³-hybridized carbons (Fsp3) is 0.417. The number of benzene rings is 1. The van der Waals surface area contributed by atoms with Gasteiger partial charge in [0.15, 0.2) is 11.6 Å². The van der Waals surface area contributed by atoms with Crippen LogP contribution in [0.15, 0.2) is 12.1 Å². The maximum absolute atomic E-state index is 13.7. The SMILES string of the molecule is CC(=O)N1CC(C)(C)Nc2c1ccc(F)c2F. The van der Waals surface area contributed by atoms with Crippen molar-refractivity contribution in [3.63, 3.8) is 0 Å². The molecular weight excluding hydrogens is 226 g/mol. The van der Waals surface area contributed by atoms with Gasteiger partial charge in [-0.3, -0.25) is 4.79 Å². The molecule has 1 N–H and O–H groups in total. The van der Waals surface area contributed by atoms with Crippen molar-refractivity contribution in [3.8, 4) is 0 Å². The summed E-state index contributed by atoms with van der Waals surface area (Å²) >= 11 is 0.